The van der Waals surface area contributed by atoms with Gasteiger partial charge >= 0.3 is 0 Å². The van der Waals surface area contributed by atoms with Crippen molar-refractivity contribution in [2.45, 2.75) is 25.7 Å². The normalized spacial score (nSPS) is 21.4. The summed E-state index contributed by atoms with van der Waals surface area (Å²) in [7, 11) is 2.21. The Bertz CT molecular complexity index is 361. The molecule has 1 unspecified atom stereocenters. The monoisotopic (exact) mass is 232 g/mol. The van der Waals surface area contributed by atoms with Crippen LogP contribution in [0.5, 0.6) is 0 Å². The van der Waals surface area contributed by atoms with Crippen molar-refractivity contribution in [3.63, 3.8) is 0 Å². The van der Waals surface area contributed by atoms with Crippen LogP contribution in [0.1, 0.15) is 24.8 Å². The Morgan fingerprint density at radius 2 is 2.12 bits per heavy atom. The van der Waals surface area contributed by atoms with Gasteiger partial charge in [0.05, 0.1) is 0 Å². The van der Waals surface area contributed by atoms with Crippen LogP contribution in [-0.2, 0) is 6.42 Å². The molecule has 17 heavy (non-hydrogen) atoms. The van der Waals surface area contributed by atoms with Gasteiger partial charge < -0.3 is 4.90 Å². The molecule has 1 aromatic carbocycles. The van der Waals surface area contributed by atoms with Crippen molar-refractivity contribution in [1.82, 2.24) is 4.90 Å². The Labute approximate surface area is 103 Å². The lowest BCUT2D eigenvalue weighted by molar-refractivity contribution is 0.202. The van der Waals surface area contributed by atoms with Crippen molar-refractivity contribution in [2.75, 3.05) is 20.1 Å². The van der Waals surface area contributed by atoms with Crippen LogP contribution in [-0.4, -0.2) is 25.0 Å². The van der Waals surface area contributed by atoms with E-state index in [1.54, 1.807) is 12.1 Å². The molecule has 0 aromatic heterocycles. The molecule has 0 radical (unpaired) electrons. The van der Waals surface area contributed by atoms with Crippen molar-refractivity contribution >= 4 is 5.69 Å². The molecular formula is C14H20N2O. The van der Waals surface area contributed by atoms with Crippen LogP contribution in [0.25, 0.3) is 0 Å². The van der Waals surface area contributed by atoms with Crippen LogP contribution in [0.2, 0.25) is 0 Å². The Morgan fingerprint density at radius 1 is 1.35 bits per heavy atom. The van der Waals surface area contributed by atoms with E-state index in [2.05, 4.69) is 17.1 Å². The van der Waals surface area contributed by atoms with Crippen LogP contribution < -0.4 is 0 Å². The number of aryl methyl sites for hydroxylation is 1. The molecule has 0 amide bonds. The first-order chi connectivity index (χ1) is 8.28. The second-order valence-electron chi connectivity index (χ2n) is 5.07. The van der Waals surface area contributed by atoms with E-state index in [9.17, 15) is 4.91 Å². The molecule has 92 valence electrons. The molecule has 2 rings (SSSR count). The van der Waals surface area contributed by atoms with Gasteiger partial charge in [0.2, 0.25) is 0 Å². The predicted molar refractivity (Wildman–Crippen MR) is 70.4 cm³/mol. The number of nitroso groups, excluding NO2 is 1. The average molecular weight is 232 g/mol. The predicted octanol–water partition coefficient (Wildman–Crippen LogP) is 3.36. The molecule has 1 heterocycles. The third-order valence-electron chi connectivity index (χ3n) is 3.61. The topological polar surface area (TPSA) is 32.7 Å². The van der Waals surface area contributed by atoms with E-state index >= 15 is 0 Å². The molecule has 0 aliphatic carbocycles. The fourth-order valence-corrected chi connectivity index (χ4v) is 2.60. The van der Waals surface area contributed by atoms with Gasteiger partial charge in [-0.25, -0.2) is 0 Å². The summed E-state index contributed by atoms with van der Waals surface area (Å²) < 4.78 is 0. The Morgan fingerprint density at radius 3 is 2.76 bits per heavy atom. The highest BCUT2D eigenvalue weighted by Crippen LogP contribution is 2.21. The van der Waals surface area contributed by atoms with E-state index in [1.807, 2.05) is 12.1 Å². The van der Waals surface area contributed by atoms with Gasteiger partial charge in [-0.2, -0.15) is 0 Å². The fourth-order valence-electron chi connectivity index (χ4n) is 2.60. The minimum absolute atomic E-state index is 0.520. The maximum absolute atomic E-state index is 10.3. The summed E-state index contributed by atoms with van der Waals surface area (Å²) in [5, 5.41) is 2.91. The number of nitrogens with zero attached hydrogens (tertiary/aromatic N) is 2. The van der Waals surface area contributed by atoms with Gasteiger partial charge in [-0.15, -0.1) is 4.91 Å². The molecule has 1 fully saturated rings. The first-order valence-corrected chi connectivity index (χ1v) is 6.39. The molecule has 3 nitrogen and oxygen atoms in total. The number of benzene rings is 1. The molecule has 1 aromatic rings. The number of piperidine rings is 1. The summed E-state index contributed by atoms with van der Waals surface area (Å²) in [6.07, 6.45) is 5.04. The summed E-state index contributed by atoms with van der Waals surface area (Å²) in [6.45, 7) is 2.48. The highest BCUT2D eigenvalue weighted by molar-refractivity contribution is 5.38. The Kier molecular flexibility index (Phi) is 4.26. The molecule has 1 aliphatic rings. The Balaban J connectivity index is 1.82. The quantitative estimate of drug-likeness (QED) is 0.746. The molecule has 0 N–H and O–H groups in total. The third-order valence-corrected chi connectivity index (χ3v) is 3.61. The number of hydrogen-bond acceptors (Lipinski definition) is 3. The first-order valence-electron chi connectivity index (χ1n) is 6.39. The first kappa shape index (κ1) is 12.2. The van der Waals surface area contributed by atoms with Gasteiger partial charge in [-0.05, 0) is 68.1 Å². The van der Waals surface area contributed by atoms with E-state index in [1.165, 1.54) is 37.9 Å². The fraction of sp³-hybridized carbons (Fsp3) is 0.571. The maximum Gasteiger partial charge on any atom is 0.108 e. The van der Waals surface area contributed by atoms with E-state index in [0.717, 1.165) is 12.3 Å². The van der Waals surface area contributed by atoms with Gasteiger partial charge in [0, 0.05) is 6.54 Å². The zero-order valence-corrected chi connectivity index (χ0v) is 10.4. The van der Waals surface area contributed by atoms with E-state index < -0.39 is 0 Å². The molecule has 0 bridgehead atoms. The molecule has 1 aliphatic heterocycles. The van der Waals surface area contributed by atoms with Crippen molar-refractivity contribution in [3.8, 4) is 0 Å². The summed E-state index contributed by atoms with van der Waals surface area (Å²) in [6, 6.07) is 7.64. The third kappa shape index (κ3) is 3.63. The van der Waals surface area contributed by atoms with Crippen molar-refractivity contribution < 1.29 is 0 Å². The minimum Gasteiger partial charge on any atom is -0.306 e. The standard InChI is InChI=1S/C14H20N2O/c1-16-10-2-3-13(11-16)5-4-12-6-8-14(15-17)9-7-12/h6-9,13H,2-5,10-11H2,1H3. The molecular weight excluding hydrogens is 212 g/mol. The van der Waals surface area contributed by atoms with Gasteiger partial charge in [0.1, 0.15) is 5.69 Å². The van der Waals surface area contributed by atoms with Crippen molar-refractivity contribution in [3.05, 3.63) is 34.7 Å². The zero-order chi connectivity index (χ0) is 12.1. The van der Waals surface area contributed by atoms with Crippen LogP contribution in [0.3, 0.4) is 0 Å². The zero-order valence-electron chi connectivity index (χ0n) is 10.4. The van der Waals surface area contributed by atoms with Crippen molar-refractivity contribution in [1.29, 1.82) is 0 Å². The number of hydrogen-bond donors (Lipinski definition) is 0. The van der Waals surface area contributed by atoms with Gasteiger partial charge in [-0.3, -0.25) is 0 Å². The molecule has 3 heteroatoms. The largest absolute Gasteiger partial charge is 0.306 e. The molecule has 0 saturated carbocycles. The molecule has 1 atom stereocenters. The highest BCUT2D eigenvalue weighted by Gasteiger charge is 2.16. The smallest absolute Gasteiger partial charge is 0.108 e. The van der Waals surface area contributed by atoms with E-state index in [4.69, 9.17) is 0 Å². The maximum atomic E-state index is 10.3. The van der Waals surface area contributed by atoms with Crippen LogP contribution in [0, 0.1) is 10.8 Å². The highest BCUT2D eigenvalue weighted by atomic mass is 16.3. The van der Waals surface area contributed by atoms with E-state index in [-0.39, 0.29) is 0 Å². The van der Waals surface area contributed by atoms with Gasteiger partial charge in [0.15, 0.2) is 0 Å². The van der Waals surface area contributed by atoms with Crippen LogP contribution >= 0.6 is 0 Å². The lowest BCUT2D eigenvalue weighted by Crippen LogP contribution is -2.32. The molecule has 0 spiro atoms. The SMILES string of the molecule is CN1CCCC(CCc2ccc(N=O)cc2)C1. The summed E-state index contributed by atoms with van der Waals surface area (Å²) in [4.78, 5) is 12.7. The summed E-state index contributed by atoms with van der Waals surface area (Å²) in [5.41, 5.74) is 1.83. The van der Waals surface area contributed by atoms with Crippen LogP contribution in [0.15, 0.2) is 29.4 Å². The molecule has 1 saturated heterocycles. The van der Waals surface area contributed by atoms with Crippen molar-refractivity contribution in [2.24, 2.45) is 11.1 Å². The number of rotatable bonds is 4. The van der Waals surface area contributed by atoms with Crippen LogP contribution in [0.4, 0.5) is 5.69 Å². The van der Waals surface area contributed by atoms with E-state index in [0.29, 0.717) is 5.69 Å². The second kappa shape index (κ2) is 5.92. The summed E-state index contributed by atoms with van der Waals surface area (Å²) in [5.74, 6) is 0.831. The van der Waals surface area contributed by atoms with Gasteiger partial charge in [-0.1, -0.05) is 12.1 Å². The van der Waals surface area contributed by atoms with Gasteiger partial charge in [0.25, 0.3) is 0 Å². The lowest BCUT2D eigenvalue weighted by atomic mass is 9.92. The Hall–Kier alpha value is -1.22. The number of likely N-dealkylation sites (tertiary alicyclic amines) is 1. The minimum atomic E-state index is 0.520. The second-order valence-corrected chi connectivity index (χ2v) is 5.07. The average Bonchev–Trinajstić information content (AvgIpc) is 2.37. The summed E-state index contributed by atoms with van der Waals surface area (Å²) >= 11 is 0. The lowest BCUT2D eigenvalue weighted by Gasteiger charge is -2.29.